The Morgan fingerprint density at radius 3 is 2.74 bits per heavy atom. The second-order valence-electron chi connectivity index (χ2n) is 6.11. The lowest BCUT2D eigenvalue weighted by Crippen LogP contribution is -1.99. The van der Waals surface area contributed by atoms with Gasteiger partial charge in [-0.25, -0.2) is 4.98 Å². The van der Waals surface area contributed by atoms with E-state index in [2.05, 4.69) is 15.9 Å². The van der Waals surface area contributed by atoms with Crippen LogP contribution in [0.3, 0.4) is 0 Å². The molecular weight excluding hydrogens is 284 g/mol. The fraction of sp³-hybridized carbons (Fsp3) is 0.200. The molecule has 0 radical (unpaired) electrons. The standard InChI is InChI=1S/C20H16N2O/c1-2-14-11-21-20-18(14)10-17(12-22-20)15-5-7-16(8-6-15)19(23)9-13-3-4-13/h1,5-8,10-13H,3-4,9H2,(H,21,22). The molecule has 0 aliphatic heterocycles. The highest BCUT2D eigenvalue weighted by Gasteiger charge is 2.24. The molecule has 0 spiro atoms. The Morgan fingerprint density at radius 2 is 2.04 bits per heavy atom. The quantitative estimate of drug-likeness (QED) is 0.580. The summed E-state index contributed by atoms with van der Waals surface area (Å²) in [7, 11) is 0. The molecular formula is C20H16N2O. The summed E-state index contributed by atoms with van der Waals surface area (Å²) in [6.07, 6.45) is 12.2. The molecule has 2 heterocycles. The third-order valence-electron chi connectivity index (χ3n) is 4.40. The Balaban J connectivity index is 1.64. The van der Waals surface area contributed by atoms with E-state index < -0.39 is 0 Å². The van der Waals surface area contributed by atoms with Crippen molar-refractivity contribution in [3.05, 3.63) is 53.9 Å². The summed E-state index contributed by atoms with van der Waals surface area (Å²) >= 11 is 0. The molecule has 0 saturated heterocycles. The number of benzene rings is 1. The van der Waals surface area contributed by atoms with Crippen molar-refractivity contribution in [3.63, 3.8) is 0 Å². The van der Waals surface area contributed by atoms with Crippen LogP contribution in [0.2, 0.25) is 0 Å². The molecule has 1 N–H and O–H groups in total. The third-order valence-corrected chi connectivity index (χ3v) is 4.40. The highest BCUT2D eigenvalue weighted by atomic mass is 16.1. The fourth-order valence-corrected chi connectivity index (χ4v) is 2.83. The summed E-state index contributed by atoms with van der Waals surface area (Å²) in [6.45, 7) is 0. The van der Waals surface area contributed by atoms with Crippen molar-refractivity contribution in [2.75, 3.05) is 0 Å². The second kappa shape index (κ2) is 5.40. The number of terminal acetylenes is 1. The van der Waals surface area contributed by atoms with E-state index in [1.165, 1.54) is 12.8 Å². The molecule has 112 valence electrons. The van der Waals surface area contributed by atoms with Crippen LogP contribution in [0.1, 0.15) is 35.2 Å². The smallest absolute Gasteiger partial charge is 0.163 e. The fourth-order valence-electron chi connectivity index (χ4n) is 2.83. The number of H-pyrrole nitrogens is 1. The van der Waals surface area contributed by atoms with Gasteiger partial charge in [0.2, 0.25) is 0 Å². The number of hydrogen-bond donors (Lipinski definition) is 1. The number of Topliss-reactive ketones (excluding diaryl/α,β-unsaturated/α-hetero) is 1. The van der Waals surface area contributed by atoms with Gasteiger partial charge in [0.15, 0.2) is 5.78 Å². The molecule has 23 heavy (non-hydrogen) atoms. The summed E-state index contributed by atoms with van der Waals surface area (Å²) in [5, 5.41) is 0.943. The largest absolute Gasteiger partial charge is 0.345 e. The topological polar surface area (TPSA) is 45.8 Å². The first-order valence-corrected chi connectivity index (χ1v) is 7.82. The molecule has 0 amide bonds. The zero-order valence-electron chi connectivity index (χ0n) is 12.7. The van der Waals surface area contributed by atoms with E-state index in [1.54, 1.807) is 6.20 Å². The maximum absolute atomic E-state index is 12.1. The average molecular weight is 300 g/mol. The van der Waals surface area contributed by atoms with Crippen molar-refractivity contribution in [2.45, 2.75) is 19.3 Å². The Kier molecular flexibility index (Phi) is 3.24. The first-order valence-electron chi connectivity index (χ1n) is 7.82. The van der Waals surface area contributed by atoms with Gasteiger partial charge in [0.1, 0.15) is 5.65 Å². The van der Waals surface area contributed by atoms with E-state index in [-0.39, 0.29) is 5.78 Å². The van der Waals surface area contributed by atoms with E-state index in [0.717, 1.165) is 33.3 Å². The Morgan fingerprint density at radius 1 is 1.26 bits per heavy atom. The summed E-state index contributed by atoms with van der Waals surface area (Å²) in [5.74, 6) is 3.52. The van der Waals surface area contributed by atoms with E-state index in [9.17, 15) is 4.79 Å². The predicted octanol–water partition coefficient (Wildman–Crippen LogP) is 4.19. The van der Waals surface area contributed by atoms with E-state index in [4.69, 9.17) is 6.42 Å². The third kappa shape index (κ3) is 2.64. The van der Waals surface area contributed by atoms with Crippen molar-refractivity contribution in [3.8, 4) is 23.5 Å². The van der Waals surface area contributed by atoms with Crippen molar-refractivity contribution in [1.29, 1.82) is 0 Å². The number of nitrogens with zero attached hydrogens (tertiary/aromatic N) is 1. The van der Waals surface area contributed by atoms with Gasteiger partial charge >= 0.3 is 0 Å². The lowest BCUT2D eigenvalue weighted by Gasteiger charge is -2.04. The maximum Gasteiger partial charge on any atom is 0.163 e. The van der Waals surface area contributed by atoms with Gasteiger partial charge in [0, 0.05) is 35.3 Å². The number of aromatic amines is 1. The molecule has 1 aliphatic carbocycles. The molecule has 4 rings (SSSR count). The van der Waals surface area contributed by atoms with E-state index in [1.807, 2.05) is 36.5 Å². The van der Waals surface area contributed by atoms with Gasteiger partial charge in [-0.15, -0.1) is 6.42 Å². The van der Waals surface area contributed by atoms with Gasteiger partial charge < -0.3 is 4.98 Å². The van der Waals surface area contributed by atoms with Crippen LogP contribution in [0.5, 0.6) is 0 Å². The number of carbonyl (C=O) groups excluding carboxylic acids is 1. The predicted molar refractivity (Wildman–Crippen MR) is 91.1 cm³/mol. The number of aromatic nitrogens is 2. The molecule has 1 aromatic carbocycles. The van der Waals surface area contributed by atoms with E-state index >= 15 is 0 Å². The van der Waals surface area contributed by atoms with Crippen molar-refractivity contribution < 1.29 is 4.79 Å². The SMILES string of the molecule is C#Cc1c[nH]c2ncc(-c3ccc(C(=O)CC4CC4)cc3)cc12. The molecule has 0 unspecified atom stereocenters. The normalized spacial score (nSPS) is 13.9. The first kappa shape index (κ1) is 13.8. The lowest BCUT2D eigenvalue weighted by molar-refractivity contribution is 0.0976. The van der Waals surface area contributed by atoms with Crippen molar-refractivity contribution in [2.24, 2.45) is 5.92 Å². The minimum atomic E-state index is 0.243. The van der Waals surface area contributed by atoms with Crippen LogP contribution in [0.25, 0.3) is 22.2 Å². The first-order chi connectivity index (χ1) is 11.2. The molecule has 0 bridgehead atoms. The summed E-state index contributed by atoms with van der Waals surface area (Å²) < 4.78 is 0. The number of hydrogen-bond acceptors (Lipinski definition) is 2. The van der Waals surface area contributed by atoms with Crippen molar-refractivity contribution in [1.82, 2.24) is 9.97 Å². The van der Waals surface area contributed by atoms with E-state index in [0.29, 0.717) is 12.3 Å². The van der Waals surface area contributed by atoms with Gasteiger partial charge in [-0.05, 0) is 30.4 Å². The van der Waals surface area contributed by atoms with Gasteiger partial charge in [-0.3, -0.25) is 4.79 Å². The summed E-state index contributed by atoms with van der Waals surface area (Å²) in [5.41, 5.74) is 4.42. The number of ketones is 1. The molecule has 1 fully saturated rings. The van der Waals surface area contributed by atoms with Crippen LogP contribution in [-0.2, 0) is 0 Å². The van der Waals surface area contributed by atoms with Crippen LogP contribution in [0.4, 0.5) is 0 Å². The molecule has 0 atom stereocenters. The highest BCUT2D eigenvalue weighted by molar-refractivity contribution is 5.97. The second-order valence-corrected chi connectivity index (χ2v) is 6.11. The number of pyridine rings is 1. The Hall–Kier alpha value is -2.86. The van der Waals surface area contributed by atoms with Gasteiger partial charge in [0.25, 0.3) is 0 Å². The van der Waals surface area contributed by atoms with Crippen LogP contribution in [-0.4, -0.2) is 15.8 Å². The number of carbonyl (C=O) groups is 1. The molecule has 1 saturated carbocycles. The van der Waals surface area contributed by atoms with Crippen molar-refractivity contribution >= 4 is 16.8 Å². The number of nitrogens with one attached hydrogen (secondary N) is 1. The van der Waals surface area contributed by atoms with Crippen LogP contribution in [0.15, 0.2) is 42.7 Å². The number of rotatable bonds is 4. The lowest BCUT2D eigenvalue weighted by atomic mass is 10.0. The van der Waals surface area contributed by atoms with Crippen LogP contribution < -0.4 is 0 Å². The molecule has 1 aliphatic rings. The zero-order valence-corrected chi connectivity index (χ0v) is 12.7. The minimum absolute atomic E-state index is 0.243. The van der Waals surface area contributed by atoms with Crippen LogP contribution >= 0.6 is 0 Å². The Labute approximate surface area is 134 Å². The van der Waals surface area contributed by atoms with Crippen LogP contribution in [0, 0.1) is 18.3 Å². The van der Waals surface area contributed by atoms with Gasteiger partial charge in [-0.2, -0.15) is 0 Å². The monoisotopic (exact) mass is 300 g/mol. The molecule has 3 heteroatoms. The van der Waals surface area contributed by atoms with Gasteiger partial charge in [-0.1, -0.05) is 30.2 Å². The minimum Gasteiger partial charge on any atom is -0.345 e. The number of fused-ring (bicyclic) bond motifs is 1. The highest BCUT2D eigenvalue weighted by Crippen LogP contribution is 2.33. The summed E-state index contributed by atoms with van der Waals surface area (Å²) in [6, 6.07) is 9.80. The molecule has 3 nitrogen and oxygen atoms in total. The Bertz CT molecular complexity index is 924. The summed E-state index contributed by atoms with van der Waals surface area (Å²) in [4.78, 5) is 19.6. The molecule has 3 aromatic rings. The molecule has 2 aromatic heterocycles. The zero-order chi connectivity index (χ0) is 15.8. The van der Waals surface area contributed by atoms with Gasteiger partial charge in [0.05, 0.1) is 5.56 Å². The maximum atomic E-state index is 12.1. The average Bonchev–Trinajstić information content (AvgIpc) is 3.31.